The van der Waals surface area contributed by atoms with Crippen LogP contribution in [-0.4, -0.2) is 80.1 Å². The molecule has 0 radical (unpaired) electrons. The molecule has 1 N–H and O–H groups in total. The zero-order valence-corrected chi connectivity index (χ0v) is 22.6. The van der Waals surface area contributed by atoms with Crippen LogP contribution in [0.25, 0.3) is 0 Å². The van der Waals surface area contributed by atoms with Gasteiger partial charge in [-0.3, -0.25) is 9.89 Å². The molecule has 3 fully saturated rings. The summed E-state index contributed by atoms with van der Waals surface area (Å²) >= 11 is 0. The molecule has 0 aliphatic carbocycles. The first kappa shape index (κ1) is 25.8. The van der Waals surface area contributed by atoms with E-state index in [0.717, 1.165) is 37.4 Å². The average molecular weight is 554 g/mol. The first-order chi connectivity index (χ1) is 15.2. The van der Waals surface area contributed by atoms with Crippen molar-refractivity contribution < 1.29 is 0 Å². The molecule has 5 nitrogen and oxygen atoms in total. The first-order valence-electron chi connectivity index (χ1n) is 12.7. The lowest BCUT2D eigenvalue weighted by Gasteiger charge is -2.33. The summed E-state index contributed by atoms with van der Waals surface area (Å²) in [5, 5.41) is 3.72. The third-order valence-electron chi connectivity index (χ3n) is 7.55. The van der Waals surface area contributed by atoms with E-state index < -0.39 is 0 Å². The number of hydrogen-bond acceptors (Lipinski definition) is 3. The van der Waals surface area contributed by atoms with E-state index in [0.29, 0.717) is 0 Å². The Labute approximate surface area is 213 Å². The van der Waals surface area contributed by atoms with Crippen LogP contribution in [0.5, 0.6) is 0 Å². The largest absolute Gasteiger partial charge is 0.356 e. The van der Waals surface area contributed by atoms with Crippen LogP contribution in [0.4, 0.5) is 0 Å². The van der Waals surface area contributed by atoms with Gasteiger partial charge in [0.1, 0.15) is 0 Å². The predicted molar refractivity (Wildman–Crippen MR) is 146 cm³/mol. The highest BCUT2D eigenvalue weighted by Crippen LogP contribution is 2.21. The number of nitrogens with one attached hydrogen (secondary N) is 1. The van der Waals surface area contributed by atoms with Crippen molar-refractivity contribution in [3.8, 4) is 0 Å². The Hall–Kier alpha value is -0.860. The van der Waals surface area contributed by atoms with Crippen molar-refractivity contribution in [3.63, 3.8) is 0 Å². The normalized spacial score (nSPS) is 23.9. The molecule has 0 spiro atoms. The smallest absolute Gasteiger partial charge is 0.193 e. The molecule has 3 aliphatic heterocycles. The van der Waals surface area contributed by atoms with E-state index in [4.69, 9.17) is 0 Å². The molecule has 0 amide bonds. The molecule has 1 aromatic rings. The molecular weight excluding hydrogens is 509 g/mol. The number of halogens is 1. The quantitative estimate of drug-likeness (QED) is 0.325. The summed E-state index contributed by atoms with van der Waals surface area (Å²) in [6.45, 7) is 13.0. The van der Waals surface area contributed by atoms with Gasteiger partial charge >= 0.3 is 0 Å². The van der Waals surface area contributed by atoms with Crippen LogP contribution in [0.1, 0.15) is 49.7 Å². The van der Waals surface area contributed by atoms with Gasteiger partial charge in [0.05, 0.1) is 0 Å². The summed E-state index contributed by atoms with van der Waals surface area (Å²) in [6, 6.07) is 9.02. The molecular formula is C26H44IN5. The lowest BCUT2D eigenvalue weighted by atomic mass is 9.96. The monoisotopic (exact) mass is 553 g/mol. The second-order valence-electron chi connectivity index (χ2n) is 10.1. The number of guanidine groups is 1. The molecule has 0 bridgehead atoms. The molecule has 3 heterocycles. The van der Waals surface area contributed by atoms with Crippen molar-refractivity contribution in [1.82, 2.24) is 20.0 Å². The maximum absolute atomic E-state index is 4.62. The third kappa shape index (κ3) is 7.59. The number of aryl methyl sites for hydroxylation is 1. The van der Waals surface area contributed by atoms with Crippen molar-refractivity contribution in [2.24, 2.45) is 16.8 Å². The van der Waals surface area contributed by atoms with Gasteiger partial charge < -0.3 is 15.1 Å². The van der Waals surface area contributed by atoms with E-state index in [1.54, 1.807) is 0 Å². The van der Waals surface area contributed by atoms with Gasteiger partial charge in [0.25, 0.3) is 0 Å². The average Bonchev–Trinajstić information content (AvgIpc) is 3.26. The second-order valence-corrected chi connectivity index (χ2v) is 10.1. The number of hydrogen-bond donors (Lipinski definition) is 1. The summed E-state index contributed by atoms with van der Waals surface area (Å²) in [4.78, 5) is 12.4. The van der Waals surface area contributed by atoms with Crippen molar-refractivity contribution in [1.29, 1.82) is 0 Å². The zero-order chi connectivity index (χ0) is 21.5. The van der Waals surface area contributed by atoms with Crippen LogP contribution in [0.3, 0.4) is 0 Å². The minimum absolute atomic E-state index is 0. The topological polar surface area (TPSA) is 34.1 Å². The maximum Gasteiger partial charge on any atom is 0.193 e. The van der Waals surface area contributed by atoms with Crippen molar-refractivity contribution in [2.45, 2.75) is 52.0 Å². The number of aliphatic imine (C=N–C) groups is 1. The van der Waals surface area contributed by atoms with Gasteiger partial charge in [-0.15, -0.1) is 24.0 Å². The highest BCUT2D eigenvalue weighted by Gasteiger charge is 2.27. The predicted octanol–water partition coefficient (Wildman–Crippen LogP) is 4.21. The highest BCUT2D eigenvalue weighted by molar-refractivity contribution is 14.0. The molecule has 0 saturated carbocycles. The lowest BCUT2D eigenvalue weighted by molar-refractivity contribution is 0.177. The molecule has 0 aromatic heterocycles. The summed E-state index contributed by atoms with van der Waals surface area (Å²) in [5.74, 6) is 2.70. The standard InChI is InChI=1S/C26H43N5.HI/c1-22-6-8-24(9-7-22)19-30-15-10-23(11-16-30)18-28-26(27-2)31-17-12-25(21-31)20-29-13-4-3-5-14-29;/h6-9,23,25H,3-5,10-21H2,1-2H3,(H,27,28);1H. The van der Waals surface area contributed by atoms with Gasteiger partial charge in [0, 0.05) is 39.8 Å². The molecule has 1 unspecified atom stereocenters. The minimum atomic E-state index is 0. The van der Waals surface area contributed by atoms with Crippen molar-refractivity contribution in [2.75, 3.05) is 59.4 Å². The Kier molecular flexibility index (Phi) is 10.6. The molecule has 4 rings (SSSR count). The Bertz CT molecular complexity index is 693. The van der Waals surface area contributed by atoms with Crippen LogP contribution in [0, 0.1) is 18.8 Å². The van der Waals surface area contributed by atoms with Gasteiger partial charge in [-0.05, 0) is 82.6 Å². The number of nitrogens with zero attached hydrogens (tertiary/aromatic N) is 4. The fourth-order valence-corrected chi connectivity index (χ4v) is 5.55. The van der Waals surface area contributed by atoms with E-state index in [9.17, 15) is 0 Å². The van der Waals surface area contributed by atoms with E-state index in [-0.39, 0.29) is 24.0 Å². The minimum Gasteiger partial charge on any atom is -0.356 e. The van der Waals surface area contributed by atoms with E-state index in [1.165, 1.54) is 88.9 Å². The third-order valence-corrected chi connectivity index (χ3v) is 7.55. The van der Waals surface area contributed by atoms with Crippen LogP contribution in [-0.2, 0) is 6.54 Å². The van der Waals surface area contributed by atoms with E-state index in [1.807, 2.05) is 7.05 Å². The number of benzene rings is 1. The van der Waals surface area contributed by atoms with Crippen LogP contribution >= 0.6 is 24.0 Å². The van der Waals surface area contributed by atoms with Gasteiger partial charge in [-0.25, -0.2) is 0 Å². The zero-order valence-electron chi connectivity index (χ0n) is 20.3. The number of piperidine rings is 2. The van der Waals surface area contributed by atoms with Crippen molar-refractivity contribution in [3.05, 3.63) is 35.4 Å². The lowest BCUT2D eigenvalue weighted by Crippen LogP contribution is -2.44. The molecule has 32 heavy (non-hydrogen) atoms. The summed E-state index contributed by atoms with van der Waals surface area (Å²) in [6.07, 6.45) is 8.09. The van der Waals surface area contributed by atoms with Gasteiger partial charge in [-0.2, -0.15) is 0 Å². The maximum atomic E-state index is 4.62. The number of rotatable bonds is 6. The first-order valence-corrected chi connectivity index (χ1v) is 12.7. The SMILES string of the molecule is CN=C(NCC1CCN(Cc2ccc(C)cc2)CC1)N1CCC(CN2CCCCC2)C1.I. The van der Waals surface area contributed by atoms with Crippen LogP contribution in [0.15, 0.2) is 29.3 Å². The Morgan fingerprint density at radius 2 is 1.59 bits per heavy atom. The van der Waals surface area contributed by atoms with Crippen molar-refractivity contribution >= 4 is 29.9 Å². The van der Waals surface area contributed by atoms with Gasteiger partial charge in [-0.1, -0.05) is 36.2 Å². The second kappa shape index (κ2) is 13.1. The number of likely N-dealkylation sites (tertiary alicyclic amines) is 3. The van der Waals surface area contributed by atoms with E-state index in [2.05, 4.69) is 56.2 Å². The van der Waals surface area contributed by atoms with Crippen LogP contribution in [0.2, 0.25) is 0 Å². The molecule has 1 atom stereocenters. The molecule has 3 saturated heterocycles. The Morgan fingerprint density at radius 1 is 0.906 bits per heavy atom. The van der Waals surface area contributed by atoms with Crippen LogP contribution < -0.4 is 5.32 Å². The van der Waals surface area contributed by atoms with Gasteiger partial charge in [0.15, 0.2) is 5.96 Å². The molecule has 180 valence electrons. The molecule has 3 aliphatic rings. The summed E-state index contributed by atoms with van der Waals surface area (Å²) in [7, 11) is 1.95. The fraction of sp³-hybridized carbons (Fsp3) is 0.731. The molecule has 1 aromatic carbocycles. The summed E-state index contributed by atoms with van der Waals surface area (Å²) < 4.78 is 0. The fourth-order valence-electron chi connectivity index (χ4n) is 5.55. The summed E-state index contributed by atoms with van der Waals surface area (Å²) in [5.41, 5.74) is 2.79. The Balaban J connectivity index is 0.00000289. The Morgan fingerprint density at radius 3 is 2.28 bits per heavy atom. The highest BCUT2D eigenvalue weighted by atomic mass is 127. The van der Waals surface area contributed by atoms with Gasteiger partial charge in [0.2, 0.25) is 0 Å². The molecule has 6 heteroatoms. The van der Waals surface area contributed by atoms with E-state index >= 15 is 0 Å².